The fourth-order valence-corrected chi connectivity index (χ4v) is 4.35. The number of carbonyl (C=O) groups excluding carboxylic acids is 2. The predicted octanol–water partition coefficient (Wildman–Crippen LogP) is 6.45. The molecule has 3 heterocycles. The zero-order chi connectivity index (χ0) is 35.6. The summed E-state index contributed by atoms with van der Waals surface area (Å²) < 4.78 is 57.6. The van der Waals surface area contributed by atoms with Gasteiger partial charge in [0.05, 0.1) is 39.6 Å². The van der Waals surface area contributed by atoms with Crippen LogP contribution in [0.15, 0.2) is 77.5 Å². The number of aromatic nitrogens is 2. The maximum absolute atomic E-state index is 12.9. The molecule has 0 saturated carbocycles. The molecular weight excluding hydrogens is 693 g/mol. The topological polar surface area (TPSA) is 115 Å². The van der Waals surface area contributed by atoms with Crippen molar-refractivity contribution in [2.75, 3.05) is 28.4 Å². The van der Waals surface area contributed by atoms with Crippen LogP contribution in [-0.2, 0) is 18.8 Å². The van der Waals surface area contributed by atoms with Crippen LogP contribution in [0.4, 0.5) is 8.78 Å². The molecule has 0 bridgehead atoms. The number of esters is 2. The van der Waals surface area contributed by atoms with Crippen LogP contribution in [0.1, 0.15) is 48.7 Å². The van der Waals surface area contributed by atoms with E-state index in [2.05, 4.69) is 35.4 Å². The molecule has 1 aliphatic rings. The minimum absolute atomic E-state index is 0.158. The van der Waals surface area contributed by atoms with Crippen LogP contribution in [0, 0.1) is 11.6 Å². The van der Waals surface area contributed by atoms with Gasteiger partial charge in [-0.25, -0.2) is 28.3 Å². The second-order valence-electron chi connectivity index (χ2n) is 11.1. The zero-order valence-corrected chi connectivity index (χ0v) is 29.4. The quantitative estimate of drug-likeness (QED) is 0.162. The fraction of sp³-hybridized carbons (Fsp3) is 0.294. The van der Waals surface area contributed by atoms with Crippen molar-refractivity contribution in [3.05, 3.63) is 101 Å². The SMILES string of the molecule is COC(=O)c1cc(OC)c(-c2ccc(F)cc2)cn1.COC(=O)c1cc(OC)c(B2OC(C)(C)C(C)(C)O2)cn1.Fc1ccc(Br)cc1. The highest BCUT2D eigenvalue weighted by Crippen LogP contribution is 2.37. The smallest absolute Gasteiger partial charge is 0.497 e. The first kappa shape index (κ1) is 38.1. The van der Waals surface area contributed by atoms with E-state index in [1.165, 1.54) is 77.2 Å². The number of ether oxygens (including phenoxy) is 4. The second kappa shape index (κ2) is 16.6. The first-order valence-corrected chi connectivity index (χ1v) is 15.2. The van der Waals surface area contributed by atoms with Crippen LogP contribution < -0.4 is 14.9 Å². The molecule has 0 radical (unpaired) electrons. The zero-order valence-electron chi connectivity index (χ0n) is 27.8. The van der Waals surface area contributed by atoms with Gasteiger partial charge in [-0.05, 0) is 69.7 Å². The van der Waals surface area contributed by atoms with Crippen molar-refractivity contribution in [2.45, 2.75) is 38.9 Å². The molecule has 1 fully saturated rings. The van der Waals surface area contributed by atoms with E-state index in [-0.39, 0.29) is 23.0 Å². The molecule has 1 saturated heterocycles. The molecule has 4 aromatic rings. The third-order valence-corrected chi connectivity index (χ3v) is 7.98. The number of nitrogens with zero attached hydrogens (tertiary/aromatic N) is 2. The van der Waals surface area contributed by atoms with Gasteiger partial charge in [-0.15, -0.1) is 0 Å². The number of hydrogen-bond donors (Lipinski definition) is 0. The van der Waals surface area contributed by atoms with Crippen molar-refractivity contribution in [2.24, 2.45) is 0 Å². The lowest BCUT2D eigenvalue weighted by molar-refractivity contribution is 0.00578. The molecule has 0 unspecified atom stereocenters. The number of carbonyl (C=O) groups is 2. The minimum atomic E-state index is -0.593. The summed E-state index contributed by atoms with van der Waals surface area (Å²) in [7, 11) is 5.00. The van der Waals surface area contributed by atoms with Crippen molar-refractivity contribution < 1.29 is 46.6 Å². The van der Waals surface area contributed by atoms with Crippen LogP contribution in [0.25, 0.3) is 11.1 Å². The molecule has 5 rings (SSSR count). The van der Waals surface area contributed by atoms with Gasteiger partial charge in [-0.3, -0.25) is 0 Å². The highest BCUT2D eigenvalue weighted by molar-refractivity contribution is 9.10. The molecule has 0 atom stereocenters. The van der Waals surface area contributed by atoms with Gasteiger partial charge in [-0.1, -0.05) is 28.1 Å². The van der Waals surface area contributed by atoms with Crippen molar-refractivity contribution in [1.29, 1.82) is 0 Å². The lowest BCUT2D eigenvalue weighted by Crippen LogP contribution is -2.41. The fourth-order valence-electron chi connectivity index (χ4n) is 4.09. The molecule has 0 amide bonds. The number of hydrogen-bond acceptors (Lipinski definition) is 10. The summed E-state index contributed by atoms with van der Waals surface area (Å²) in [6, 6.07) is 15.1. The van der Waals surface area contributed by atoms with Crippen LogP contribution >= 0.6 is 15.9 Å². The van der Waals surface area contributed by atoms with E-state index in [1.54, 1.807) is 24.3 Å². The van der Waals surface area contributed by atoms with E-state index in [0.717, 1.165) is 10.0 Å². The molecule has 0 aliphatic carbocycles. The Morgan fingerprint density at radius 1 is 0.708 bits per heavy atom. The largest absolute Gasteiger partial charge is 0.500 e. The summed E-state index contributed by atoms with van der Waals surface area (Å²) in [6.45, 7) is 7.87. The lowest BCUT2D eigenvalue weighted by Gasteiger charge is -2.32. The van der Waals surface area contributed by atoms with Crippen molar-refractivity contribution in [3.63, 3.8) is 0 Å². The Kier molecular flexibility index (Phi) is 13.2. The van der Waals surface area contributed by atoms with Gasteiger partial charge in [0.25, 0.3) is 0 Å². The number of methoxy groups -OCH3 is 4. The van der Waals surface area contributed by atoms with Crippen LogP contribution in [-0.4, -0.2) is 68.7 Å². The second-order valence-corrected chi connectivity index (χ2v) is 12.0. The average Bonchev–Trinajstić information content (AvgIpc) is 3.31. The predicted molar refractivity (Wildman–Crippen MR) is 179 cm³/mol. The van der Waals surface area contributed by atoms with Gasteiger partial charge in [0, 0.05) is 40.0 Å². The number of pyridine rings is 2. The van der Waals surface area contributed by atoms with Crippen LogP contribution in [0.5, 0.6) is 11.5 Å². The molecule has 0 spiro atoms. The molecule has 0 N–H and O–H groups in total. The third-order valence-electron chi connectivity index (χ3n) is 7.46. The van der Waals surface area contributed by atoms with Gasteiger partial charge in [0.15, 0.2) is 11.4 Å². The van der Waals surface area contributed by atoms with E-state index in [1.807, 2.05) is 27.7 Å². The van der Waals surface area contributed by atoms with Crippen molar-refractivity contribution in [1.82, 2.24) is 9.97 Å². The number of benzene rings is 2. The maximum atomic E-state index is 12.9. The standard InChI is InChI=1S/C14H20BNO5.C14H12FNO3.C6H4BrF/c1-13(2)14(3,4)21-15(20-13)9-8-16-10(12(17)19-6)7-11(9)18-5;1-18-13-7-12(14(17)19-2)16-8-11(13)9-3-5-10(15)6-4-9;7-5-1-3-6(8)4-2-5/h7-8H,1-6H3;3-8H,1-2H3;1-4H. The van der Waals surface area contributed by atoms with Crippen molar-refractivity contribution >= 4 is 40.4 Å². The average molecular weight is 729 g/mol. The Bertz CT molecular complexity index is 1670. The van der Waals surface area contributed by atoms with E-state index < -0.39 is 30.3 Å². The Balaban J connectivity index is 0.000000213. The van der Waals surface area contributed by atoms with Crippen LogP contribution in [0.2, 0.25) is 0 Å². The van der Waals surface area contributed by atoms with Gasteiger partial charge in [-0.2, -0.15) is 0 Å². The Morgan fingerprint density at radius 2 is 1.15 bits per heavy atom. The third kappa shape index (κ3) is 9.58. The van der Waals surface area contributed by atoms with Gasteiger partial charge < -0.3 is 28.3 Å². The molecule has 2 aromatic heterocycles. The summed E-state index contributed by atoms with van der Waals surface area (Å²) >= 11 is 3.18. The monoisotopic (exact) mass is 728 g/mol. The maximum Gasteiger partial charge on any atom is 0.500 e. The summed E-state index contributed by atoms with van der Waals surface area (Å²) in [6.07, 6.45) is 3.02. The Morgan fingerprint density at radius 3 is 1.58 bits per heavy atom. The Labute approximate surface area is 287 Å². The summed E-state index contributed by atoms with van der Waals surface area (Å²) in [4.78, 5) is 31.0. The number of rotatable bonds is 6. The summed E-state index contributed by atoms with van der Waals surface area (Å²) in [5.74, 6) is -0.626. The normalized spacial score (nSPS) is 14.0. The summed E-state index contributed by atoms with van der Waals surface area (Å²) in [5, 5.41) is 0. The molecule has 254 valence electrons. The molecule has 10 nitrogen and oxygen atoms in total. The van der Waals surface area contributed by atoms with Crippen molar-refractivity contribution in [3.8, 4) is 22.6 Å². The molecular formula is C34H36BBrF2N2O8. The number of halogens is 3. The first-order chi connectivity index (χ1) is 22.7. The van der Waals surface area contributed by atoms with Gasteiger partial charge in [0.1, 0.15) is 23.1 Å². The van der Waals surface area contributed by atoms with Gasteiger partial charge in [0.2, 0.25) is 0 Å². The highest BCUT2D eigenvalue weighted by atomic mass is 79.9. The van der Waals surface area contributed by atoms with Crippen LogP contribution in [0.3, 0.4) is 0 Å². The van der Waals surface area contributed by atoms with E-state index in [4.69, 9.17) is 18.8 Å². The van der Waals surface area contributed by atoms with E-state index in [9.17, 15) is 18.4 Å². The molecule has 14 heteroatoms. The van der Waals surface area contributed by atoms with Gasteiger partial charge >= 0.3 is 19.1 Å². The summed E-state index contributed by atoms with van der Waals surface area (Å²) in [5.41, 5.74) is 1.49. The Hall–Kier alpha value is -4.40. The highest BCUT2D eigenvalue weighted by Gasteiger charge is 2.52. The molecule has 48 heavy (non-hydrogen) atoms. The minimum Gasteiger partial charge on any atom is -0.497 e. The molecule has 1 aliphatic heterocycles. The van der Waals surface area contributed by atoms with E-state index >= 15 is 0 Å². The lowest BCUT2D eigenvalue weighted by atomic mass is 9.79. The molecule has 2 aromatic carbocycles. The van der Waals surface area contributed by atoms with E-state index in [0.29, 0.717) is 22.5 Å². The first-order valence-electron chi connectivity index (χ1n) is 14.4.